The predicted molar refractivity (Wildman–Crippen MR) is 146 cm³/mol. The summed E-state index contributed by atoms with van der Waals surface area (Å²) in [4.78, 5) is 31.9. The number of morpholine rings is 1. The summed E-state index contributed by atoms with van der Waals surface area (Å²) in [6, 6.07) is 20.4. The minimum absolute atomic E-state index is 0.123. The lowest BCUT2D eigenvalue weighted by Crippen LogP contribution is -2.47. The number of nitrogens with zero attached hydrogens (tertiary/aromatic N) is 2. The molecule has 2 amide bonds. The molecule has 5 rings (SSSR count). The maximum absolute atomic E-state index is 13.9. The van der Waals surface area contributed by atoms with Gasteiger partial charge in [-0.1, -0.05) is 42.5 Å². The first kappa shape index (κ1) is 26.8. The van der Waals surface area contributed by atoms with Gasteiger partial charge in [-0.15, -0.1) is 0 Å². The minimum atomic E-state index is -0.615. The van der Waals surface area contributed by atoms with Crippen molar-refractivity contribution < 1.29 is 23.5 Å². The van der Waals surface area contributed by atoms with E-state index in [1.165, 1.54) is 12.1 Å². The largest absolute Gasteiger partial charge is 0.497 e. The van der Waals surface area contributed by atoms with Crippen molar-refractivity contribution >= 4 is 11.8 Å². The fourth-order valence-corrected chi connectivity index (χ4v) is 5.46. The number of methoxy groups -OCH3 is 1. The predicted octanol–water partition coefficient (Wildman–Crippen LogP) is 4.15. The highest BCUT2D eigenvalue weighted by Gasteiger charge is 2.44. The Hall–Kier alpha value is -3.75. The van der Waals surface area contributed by atoms with Gasteiger partial charge in [-0.05, 0) is 60.0 Å². The lowest BCUT2D eigenvalue weighted by Gasteiger charge is -2.42. The van der Waals surface area contributed by atoms with E-state index in [2.05, 4.69) is 10.2 Å². The van der Waals surface area contributed by atoms with Gasteiger partial charge in [0.15, 0.2) is 0 Å². The first-order valence-corrected chi connectivity index (χ1v) is 13.4. The van der Waals surface area contributed by atoms with Gasteiger partial charge in [0, 0.05) is 31.7 Å². The van der Waals surface area contributed by atoms with Crippen LogP contribution in [0.25, 0.3) is 0 Å². The molecule has 1 saturated heterocycles. The van der Waals surface area contributed by atoms with Crippen LogP contribution in [-0.2, 0) is 16.1 Å². The summed E-state index contributed by atoms with van der Waals surface area (Å²) >= 11 is 0. The number of carbonyl (C=O) groups excluding carboxylic acids is 2. The zero-order valence-electron chi connectivity index (χ0n) is 22.1. The summed E-state index contributed by atoms with van der Waals surface area (Å²) in [5.74, 6) is -0.546. The van der Waals surface area contributed by atoms with Crippen LogP contribution in [0.5, 0.6) is 5.75 Å². The second kappa shape index (κ2) is 12.4. The molecule has 204 valence electrons. The Morgan fingerprint density at radius 2 is 1.74 bits per heavy atom. The first-order valence-electron chi connectivity index (χ1n) is 13.4. The Kier molecular flexibility index (Phi) is 8.54. The molecule has 39 heavy (non-hydrogen) atoms. The van der Waals surface area contributed by atoms with Crippen LogP contribution in [0, 0.1) is 5.82 Å². The Morgan fingerprint density at radius 1 is 1.03 bits per heavy atom. The van der Waals surface area contributed by atoms with Gasteiger partial charge >= 0.3 is 0 Å². The van der Waals surface area contributed by atoms with Crippen LogP contribution in [0.3, 0.4) is 0 Å². The number of carbonyl (C=O) groups is 2. The van der Waals surface area contributed by atoms with Crippen LogP contribution < -0.4 is 10.1 Å². The van der Waals surface area contributed by atoms with Crippen LogP contribution in [0.15, 0.2) is 72.8 Å². The van der Waals surface area contributed by atoms with Gasteiger partial charge in [0.05, 0.1) is 32.3 Å². The molecule has 0 radical (unpaired) electrons. The molecule has 1 N–H and O–H groups in total. The maximum atomic E-state index is 13.9. The molecule has 0 spiro atoms. The van der Waals surface area contributed by atoms with Crippen LogP contribution in [0.1, 0.15) is 45.4 Å². The highest BCUT2D eigenvalue weighted by Crippen LogP contribution is 2.44. The number of rotatable bonds is 9. The molecule has 2 aliphatic rings. The number of ether oxygens (including phenoxy) is 2. The van der Waals surface area contributed by atoms with Crippen molar-refractivity contribution in [3.05, 3.63) is 101 Å². The maximum Gasteiger partial charge on any atom is 0.255 e. The summed E-state index contributed by atoms with van der Waals surface area (Å²) in [5, 5.41) is 3.15. The van der Waals surface area contributed by atoms with Gasteiger partial charge in [0.2, 0.25) is 5.91 Å². The standard InChI is InChI=1S/C31H34FN3O4/c1-38-25-13-9-23(10-14-25)29-28(30(36)33-15-4-16-34-17-19-39-20-18-34)26-5-2-3-6-27(26)31(37)35(29)21-22-7-11-24(32)12-8-22/h2-3,5-14,28-29H,4,15-21H2,1H3,(H,33,36)/t28-,29+/m1/s1. The van der Waals surface area contributed by atoms with E-state index in [1.54, 1.807) is 30.2 Å². The molecule has 2 heterocycles. The Morgan fingerprint density at radius 3 is 2.46 bits per heavy atom. The van der Waals surface area contributed by atoms with Gasteiger partial charge in [0.25, 0.3) is 5.91 Å². The van der Waals surface area contributed by atoms with Crippen LogP contribution in [0.4, 0.5) is 4.39 Å². The molecule has 0 aliphatic carbocycles. The Labute approximate surface area is 228 Å². The van der Waals surface area contributed by atoms with Crippen molar-refractivity contribution in [3.63, 3.8) is 0 Å². The Bertz CT molecular complexity index is 1280. The summed E-state index contributed by atoms with van der Waals surface area (Å²) in [7, 11) is 1.60. The molecule has 0 aromatic heterocycles. The second-order valence-corrected chi connectivity index (χ2v) is 9.94. The summed E-state index contributed by atoms with van der Waals surface area (Å²) in [6.07, 6.45) is 0.825. The molecule has 0 bridgehead atoms. The van der Waals surface area contributed by atoms with E-state index >= 15 is 0 Å². The average Bonchev–Trinajstić information content (AvgIpc) is 2.98. The third-order valence-electron chi connectivity index (χ3n) is 7.50. The molecular formula is C31H34FN3O4. The summed E-state index contributed by atoms with van der Waals surface area (Å²) in [6.45, 7) is 4.97. The average molecular weight is 532 g/mol. The van der Waals surface area contributed by atoms with Gasteiger partial charge in [-0.25, -0.2) is 4.39 Å². The smallest absolute Gasteiger partial charge is 0.255 e. The summed E-state index contributed by atoms with van der Waals surface area (Å²) in [5.41, 5.74) is 2.84. The number of hydrogen-bond donors (Lipinski definition) is 1. The quantitative estimate of drug-likeness (QED) is 0.420. The normalized spacial score (nSPS) is 19.4. The van der Waals surface area contributed by atoms with Gasteiger partial charge in [0.1, 0.15) is 11.6 Å². The van der Waals surface area contributed by atoms with Gasteiger partial charge in [-0.2, -0.15) is 0 Å². The highest BCUT2D eigenvalue weighted by atomic mass is 19.1. The molecule has 2 atom stereocenters. The fraction of sp³-hybridized carbons (Fsp3) is 0.355. The number of nitrogens with one attached hydrogen (secondary N) is 1. The molecule has 2 aliphatic heterocycles. The number of amides is 2. The topological polar surface area (TPSA) is 71.1 Å². The molecule has 0 saturated carbocycles. The molecule has 3 aromatic carbocycles. The molecular weight excluding hydrogens is 497 g/mol. The van der Waals surface area contributed by atoms with Crippen molar-refractivity contribution in [2.24, 2.45) is 0 Å². The van der Waals surface area contributed by atoms with E-state index in [1.807, 2.05) is 42.5 Å². The van der Waals surface area contributed by atoms with Crippen molar-refractivity contribution in [1.82, 2.24) is 15.1 Å². The summed E-state index contributed by atoms with van der Waals surface area (Å²) < 4.78 is 24.4. The SMILES string of the molecule is COc1ccc([C@H]2[C@H](C(=O)NCCCN3CCOCC3)c3ccccc3C(=O)N2Cc2ccc(F)cc2)cc1. The second-order valence-electron chi connectivity index (χ2n) is 9.94. The minimum Gasteiger partial charge on any atom is -0.497 e. The van der Waals surface area contributed by atoms with Gasteiger partial charge < -0.3 is 19.7 Å². The van der Waals surface area contributed by atoms with Crippen molar-refractivity contribution in [1.29, 1.82) is 0 Å². The molecule has 7 nitrogen and oxygen atoms in total. The molecule has 8 heteroatoms. The highest BCUT2D eigenvalue weighted by molar-refractivity contribution is 6.01. The van der Waals surface area contributed by atoms with E-state index in [4.69, 9.17) is 9.47 Å². The zero-order chi connectivity index (χ0) is 27.2. The first-order chi connectivity index (χ1) is 19.0. The van der Waals surface area contributed by atoms with Crippen LogP contribution in [-0.4, -0.2) is 68.1 Å². The van der Waals surface area contributed by atoms with E-state index in [0.717, 1.165) is 50.4 Å². The van der Waals surface area contributed by atoms with Gasteiger partial charge in [-0.3, -0.25) is 14.5 Å². The number of hydrogen-bond acceptors (Lipinski definition) is 5. The molecule has 3 aromatic rings. The third kappa shape index (κ3) is 6.13. The Balaban J connectivity index is 1.45. The van der Waals surface area contributed by atoms with Crippen molar-refractivity contribution in [2.75, 3.05) is 46.5 Å². The van der Waals surface area contributed by atoms with Crippen LogP contribution >= 0.6 is 0 Å². The number of halogens is 1. The lowest BCUT2D eigenvalue weighted by atomic mass is 9.79. The van der Waals surface area contributed by atoms with E-state index in [0.29, 0.717) is 23.4 Å². The lowest BCUT2D eigenvalue weighted by molar-refractivity contribution is -0.124. The van der Waals surface area contributed by atoms with E-state index in [-0.39, 0.29) is 24.2 Å². The zero-order valence-corrected chi connectivity index (χ0v) is 22.1. The van der Waals surface area contributed by atoms with Crippen molar-refractivity contribution in [2.45, 2.75) is 24.9 Å². The third-order valence-corrected chi connectivity index (χ3v) is 7.50. The molecule has 1 fully saturated rings. The molecule has 0 unspecified atom stereocenters. The monoisotopic (exact) mass is 531 g/mol. The number of fused-ring (bicyclic) bond motifs is 1. The van der Waals surface area contributed by atoms with E-state index in [9.17, 15) is 14.0 Å². The van der Waals surface area contributed by atoms with Crippen LogP contribution in [0.2, 0.25) is 0 Å². The van der Waals surface area contributed by atoms with Crippen molar-refractivity contribution in [3.8, 4) is 5.75 Å². The van der Waals surface area contributed by atoms with E-state index < -0.39 is 12.0 Å². The number of benzene rings is 3. The fourth-order valence-electron chi connectivity index (χ4n) is 5.46.